The van der Waals surface area contributed by atoms with Crippen LogP contribution >= 0.6 is 0 Å². The van der Waals surface area contributed by atoms with Gasteiger partial charge in [0.2, 0.25) is 0 Å². The van der Waals surface area contributed by atoms with E-state index in [9.17, 15) is 0 Å². The van der Waals surface area contributed by atoms with Gasteiger partial charge in [0.1, 0.15) is 0 Å². The summed E-state index contributed by atoms with van der Waals surface area (Å²) in [5.74, 6) is 0. The van der Waals surface area contributed by atoms with E-state index in [-0.39, 0.29) is 0 Å². The Morgan fingerprint density at radius 1 is 1.15 bits per heavy atom. The lowest BCUT2D eigenvalue weighted by molar-refractivity contribution is 0.394. The Morgan fingerprint density at radius 3 is 2.85 bits per heavy atom. The number of fused-ring (bicyclic) bond motifs is 1. The summed E-state index contributed by atoms with van der Waals surface area (Å²) in [6.45, 7) is 6.91. The Balaban J connectivity index is 1.78. The van der Waals surface area contributed by atoms with E-state index in [4.69, 9.17) is 0 Å². The summed E-state index contributed by atoms with van der Waals surface area (Å²) in [5.41, 5.74) is 4.77. The molecule has 2 heteroatoms. The van der Waals surface area contributed by atoms with Gasteiger partial charge >= 0.3 is 0 Å². The summed E-state index contributed by atoms with van der Waals surface area (Å²) in [7, 11) is 0. The van der Waals surface area contributed by atoms with Crippen LogP contribution in [-0.4, -0.2) is 25.2 Å². The van der Waals surface area contributed by atoms with Gasteiger partial charge in [-0.05, 0) is 55.7 Å². The fourth-order valence-corrected chi connectivity index (χ4v) is 3.86. The fraction of sp³-hybridized carbons (Fsp3) is 0.667. The number of rotatable bonds is 3. The van der Waals surface area contributed by atoms with Crippen molar-refractivity contribution in [1.82, 2.24) is 5.32 Å². The number of piperidine rings is 1. The maximum Gasteiger partial charge on any atom is 0.0402 e. The van der Waals surface area contributed by atoms with Crippen molar-refractivity contribution in [2.45, 2.75) is 64.5 Å². The van der Waals surface area contributed by atoms with Crippen LogP contribution in [0.4, 0.5) is 5.69 Å². The Hall–Kier alpha value is -1.02. The molecule has 0 saturated carbocycles. The third kappa shape index (κ3) is 3.01. The quantitative estimate of drug-likeness (QED) is 0.905. The molecule has 0 radical (unpaired) electrons. The lowest BCUT2D eigenvalue weighted by atomic mass is 9.89. The molecule has 1 atom stereocenters. The zero-order valence-corrected chi connectivity index (χ0v) is 13.0. The molecule has 0 bridgehead atoms. The number of aryl methyl sites for hydroxylation is 1. The highest BCUT2D eigenvalue weighted by Crippen LogP contribution is 2.31. The van der Waals surface area contributed by atoms with Crippen molar-refractivity contribution >= 4 is 5.69 Å². The SMILES string of the molecule is CC(C)NC1CCCN(c2cccc3c2CCCC3)C1. The third-order valence-electron chi connectivity index (χ3n) is 4.70. The molecule has 1 aromatic rings. The van der Waals surface area contributed by atoms with Crippen LogP contribution in [0.25, 0.3) is 0 Å². The van der Waals surface area contributed by atoms with E-state index in [2.05, 4.69) is 42.3 Å². The maximum absolute atomic E-state index is 3.72. The summed E-state index contributed by atoms with van der Waals surface area (Å²) in [5, 5.41) is 3.72. The van der Waals surface area contributed by atoms with Crippen molar-refractivity contribution in [3.63, 3.8) is 0 Å². The van der Waals surface area contributed by atoms with Gasteiger partial charge in [-0.25, -0.2) is 0 Å². The number of anilines is 1. The van der Waals surface area contributed by atoms with E-state index in [0.29, 0.717) is 12.1 Å². The number of nitrogens with zero attached hydrogens (tertiary/aromatic N) is 1. The highest BCUT2D eigenvalue weighted by atomic mass is 15.2. The largest absolute Gasteiger partial charge is 0.370 e. The van der Waals surface area contributed by atoms with Crippen molar-refractivity contribution in [2.75, 3.05) is 18.0 Å². The summed E-state index contributed by atoms with van der Waals surface area (Å²) in [6.07, 6.45) is 7.94. The predicted molar refractivity (Wildman–Crippen MR) is 86.6 cm³/mol. The standard InChI is InChI=1S/C18H28N2/c1-14(2)19-16-9-6-12-20(13-16)18-11-5-8-15-7-3-4-10-17(15)18/h5,8,11,14,16,19H,3-4,6-7,9-10,12-13H2,1-2H3. The topological polar surface area (TPSA) is 15.3 Å². The summed E-state index contributed by atoms with van der Waals surface area (Å²) < 4.78 is 0. The van der Waals surface area contributed by atoms with Gasteiger partial charge in [0.25, 0.3) is 0 Å². The molecule has 0 spiro atoms. The van der Waals surface area contributed by atoms with Crippen LogP contribution in [-0.2, 0) is 12.8 Å². The second-order valence-electron chi connectivity index (χ2n) is 6.73. The molecule has 1 heterocycles. The number of nitrogens with one attached hydrogen (secondary N) is 1. The Bertz CT molecular complexity index is 453. The highest BCUT2D eigenvalue weighted by Gasteiger charge is 2.23. The first-order valence-corrected chi connectivity index (χ1v) is 8.36. The number of hydrogen-bond donors (Lipinski definition) is 1. The van der Waals surface area contributed by atoms with Crippen LogP contribution in [0.5, 0.6) is 0 Å². The summed E-state index contributed by atoms with van der Waals surface area (Å²) in [6, 6.07) is 8.19. The Labute approximate surface area is 123 Å². The van der Waals surface area contributed by atoms with E-state index >= 15 is 0 Å². The van der Waals surface area contributed by atoms with Gasteiger partial charge in [-0.15, -0.1) is 0 Å². The molecule has 1 unspecified atom stereocenters. The molecule has 110 valence electrons. The van der Waals surface area contributed by atoms with Crippen LogP contribution in [0.2, 0.25) is 0 Å². The van der Waals surface area contributed by atoms with E-state index < -0.39 is 0 Å². The number of hydrogen-bond acceptors (Lipinski definition) is 2. The van der Waals surface area contributed by atoms with Gasteiger partial charge in [-0.3, -0.25) is 0 Å². The first kappa shape index (κ1) is 13.9. The highest BCUT2D eigenvalue weighted by molar-refractivity contribution is 5.58. The molecule has 1 aromatic carbocycles. The summed E-state index contributed by atoms with van der Waals surface area (Å²) in [4.78, 5) is 2.63. The zero-order valence-electron chi connectivity index (χ0n) is 13.0. The van der Waals surface area contributed by atoms with Gasteiger partial charge in [0.05, 0.1) is 0 Å². The molecule has 2 aliphatic rings. The fourth-order valence-electron chi connectivity index (χ4n) is 3.86. The average Bonchev–Trinajstić information content (AvgIpc) is 2.46. The maximum atomic E-state index is 3.72. The minimum atomic E-state index is 0.588. The molecule has 3 rings (SSSR count). The van der Waals surface area contributed by atoms with Crippen molar-refractivity contribution in [3.8, 4) is 0 Å². The first-order valence-electron chi connectivity index (χ1n) is 8.36. The first-order chi connectivity index (χ1) is 9.74. The predicted octanol–water partition coefficient (Wildman–Crippen LogP) is 3.53. The second-order valence-corrected chi connectivity index (χ2v) is 6.73. The summed E-state index contributed by atoms with van der Waals surface area (Å²) >= 11 is 0. The van der Waals surface area contributed by atoms with Crippen LogP contribution in [0.3, 0.4) is 0 Å². The van der Waals surface area contributed by atoms with Gasteiger partial charge in [-0.2, -0.15) is 0 Å². The lowest BCUT2D eigenvalue weighted by Gasteiger charge is -2.37. The van der Waals surface area contributed by atoms with Crippen molar-refractivity contribution in [1.29, 1.82) is 0 Å². The van der Waals surface area contributed by atoms with Gasteiger partial charge < -0.3 is 10.2 Å². The van der Waals surface area contributed by atoms with E-state index in [0.717, 1.165) is 0 Å². The molecule has 1 fully saturated rings. The third-order valence-corrected chi connectivity index (χ3v) is 4.70. The number of benzene rings is 1. The lowest BCUT2D eigenvalue weighted by Crippen LogP contribution is -2.48. The molecule has 1 N–H and O–H groups in total. The van der Waals surface area contributed by atoms with Crippen LogP contribution in [0, 0.1) is 0 Å². The molecule has 1 aliphatic carbocycles. The molecule has 0 amide bonds. The van der Waals surface area contributed by atoms with Crippen molar-refractivity contribution in [2.24, 2.45) is 0 Å². The van der Waals surface area contributed by atoms with Gasteiger partial charge in [0, 0.05) is 30.9 Å². The van der Waals surface area contributed by atoms with E-state index in [1.807, 2.05) is 0 Å². The molecule has 2 nitrogen and oxygen atoms in total. The monoisotopic (exact) mass is 272 g/mol. The minimum absolute atomic E-state index is 0.588. The van der Waals surface area contributed by atoms with Crippen LogP contribution in [0.1, 0.15) is 50.7 Å². The smallest absolute Gasteiger partial charge is 0.0402 e. The normalized spacial score (nSPS) is 22.9. The van der Waals surface area contributed by atoms with Crippen molar-refractivity contribution < 1.29 is 0 Å². The molecule has 1 aliphatic heterocycles. The minimum Gasteiger partial charge on any atom is -0.370 e. The molecule has 0 aromatic heterocycles. The second kappa shape index (κ2) is 6.17. The zero-order chi connectivity index (χ0) is 13.9. The molecule has 1 saturated heterocycles. The molecule has 20 heavy (non-hydrogen) atoms. The van der Waals surface area contributed by atoms with E-state index in [1.165, 1.54) is 57.3 Å². The van der Waals surface area contributed by atoms with Gasteiger partial charge in [0.15, 0.2) is 0 Å². The van der Waals surface area contributed by atoms with E-state index in [1.54, 1.807) is 11.1 Å². The molecular formula is C18H28N2. The van der Waals surface area contributed by atoms with Crippen molar-refractivity contribution in [3.05, 3.63) is 29.3 Å². The van der Waals surface area contributed by atoms with Crippen LogP contribution < -0.4 is 10.2 Å². The average molecular weight is 272 g/mol. The molecular weight excluding hydrogens is 244 g/mol. The van der Waals surface area contributed by atoms with Gasteiger partial charge in [-0.1, -0.05) is 26.0 Å². The van der Waals surface area contributed by atoms with Crippen LogP contribution in [0.15, 0.2) is 18.2 Å². The Kier molecular flexibility index (Phi) is 4.30. The Morgan fingerprint density at radius 2 is 2.00 bits per heavy atom.